The van der Waals surface area contributed by atoms with Crippen LogP contribution in [0.15, 0.2) is 42.5 Å². The molecule has 2 aromatic carbocycles. The van der Waals surface area contributed by atoms with Gasteiger partial charge in [-0.2, -0.15) is 0 Å². The van der Waals surface area contributed by atoms with E-state index in [-0.39, 0.29) is 30.6 Å². The number of carbonyl (C=O) groups is 2. The van der Waals surface area contributed by atoms with Crippen molar-refractivity contribution in [3.05, 3.63) is 53.3 Å². The molecule has 184 valence electrons. The van der Waals surface area contributed by atoms with Gasteiger partial charge in [0.1, 0.15) is 11.3 Å². The highest BCUT2D eigenvalue weighted by atomic mass is 35.5. The lowest BCUT2D eigenvalue weighted by atomic mass is 10.1. The van der Waals surface area contributed by atoms with Crippen molar-refractivity contribution >= 4 is 55.8 Å². The number of carbonyl (C=O) groups excluding carboxylic acids is 2. The Morgan fingerprint density at radius 2 is 1.97 bits per heavy atom. The molecule has 2 amide bonds. The zero-order chi connectivity index (χ0) is 24.4. The molecule has 0 aliphatic carbocycles. The number of fused-ring (bicyclic) bond motifs is 1. The van der Waals surface area contributed by atoms with E-state index in [1.54, 1.807) is 28.0 Å². The molecule has 5 rings (SSSR count). The van der Waals surface area contributed by atoms with Crippen LogP contribution in [0.2, 0.25) is 5.02 Å². The largest absolute Gasteiger partial charge is 0.379 e. The van der Waals surface area contributed by atoms with Gasteiger partial charge in [0.2, 0.25) is 11.8 Å². The van der Waals surface area contributed by atoms with E-state index in [9.17, 15) is 14.0 Å². The van der Waals surface area contributed by atoms with Crippen LogP contribution in [0.1, 0.15) is 12.8 Å². The van der Waals surface area contributed by atoms with Crippen LogP contribution in [-0.2, 0) is 14.3 Å². The molecule has 0 N–H and O–H groups in total. The first-order valence-corrected chi connectivity index (χ1v) is 12.9. The van der Waals surface area contributed by atoms with E-state index in [0.717, 1.165) is 44.0 Å². The maximum atomic E-state index is 13.8. The molecule has 2 fully saturated rings. The van der Waals surface area contributed by atoms with Crippen molar-refractivity contribution in [2.24, 2.45) is 5.92 Å². The average molecular weight is 517 g/mol. The number of hydrogen-bond acceptors (Lipinski definition) is 6. The number of morpholine rings is 1. The van der Waals surface area contributed by atoms with E-state index in [1.807, 2.05) is 12.1 Å². The molecule has 0 saturated carbocycles. The molecule has 0 bridgehead atoms. The fourth-order valence-corrected chi connectivity index (χ4v) is 5.86. The van der Waals surface area contributed by atoms with Gasteiger partial charge in [-0.1, -0.05) is 29.0 Å². The zero-order valence-corrected chi connectivity index (χ0v) is 20.7. The summed E-state index contributed by atoms with van der Waals surface area (Å²) in [6.45, 7) is 4.82. The molecule has 1 unspecified atom stereocenters. The summed E-state index contributed by atoms with van der Waals surface area (Å²) < 4.78 is 19.7. The highest BCUT2D eigenvalue weighted by Gasteiger charge is 2.38. The van der Waals surface area contributed by atoms with Crippen molar-refractivity contribution < 1.29 is 18.7 Å². The number of benzene rings is 2. The number of aromatic nitrogens is 1. The topological polar surface area (TPSA) is 66.0 Å². The molecular formula is C25H26ClFN4O3S. The number of ether oxygens (including phenoxy) is 1. The van der Waals surface area contributed by atoms with Gasteiger partial charge in [0.05, 0.1) is 28.9 Å². The first-order valence-electron chi connectivity index (χ1n) is 11.7. The molecule has 0 spiro atoms. The summed E-state index contributed by atoms with van der Waals surface area (Å²) in [5, 5.41) is 1.14. The number of hydrogen-bond donors (Lipinski definition) is 0. The number of thiazole rings is 1. The molecule has 10 heteroatoms. The minimum absolute atomic E-state index is 0.113. The molecule has 2 saturated heterocycles. The molecule has 2 aliphatic rings. The Morgan fingerprint density at radius 1 is 1.20 bits per heavy atom. The second-order valence-electron chi connectivity index (χ2n) is 8.76. The van der Waals surface area contributed by atoms with E-state index in [0.29, 0.717) is 27.9 Å². The number of amides is 2. The Balaban J connectivity index is 1.35. The van der Waals surface area contributed by atoms with Crippen molar-refractivity contribution in [2.45, 2.75) is 12.8 Å². The van der Waals surface area contributed by atoms with E-state index in [4.69, 9.17) is 21.3 Å². The predicted octanol–water partition coefficient (Wildman–Crippen LogP) is 4.20. The third-order valence-electron chi connectivity index (χ3n) is 6.43. The van der Waals surface area contributed by atoms with Crippen molar-refractivity contribution in [2.75, 3.05) is 55.7 Å². The Hall–Kier alpha value is -2.59. The van der Waals surface area contributed by atoms with E-state index >= 15 is 0 Å². The van der Waals surface area contributed by atoms with Crippen LogP contribution in [0.4, 0.5) is 15.2 Å². The molecule has 35 heavy (non-hydrogen) atoms. The number of halogens is 2. The van der Waals surface area contributed by atoms with E-state index in [1.165, 1.54) is 23.5 Å². The van der Waals surface area contributed by atoms with Gasteiger partial charge in [0.25, 0.3) is 0 Å². The third kappa shape index (κ3) is 5.33. The van der Waals surface area contributed by atoms with Crippen LogP contribution < -0.4 is 9.80 Å². The lowest BCUT2D eigenvalue weighted by Crippen LogP contribution is -2.41. The lowest BCUT2D eigenvalue weighted by molar-refractivity contribution is -0.124. The molecule has 1 aromatic heterocycles. The minimum atomic E-state index is -0.501. The predicted molar refractivity (Wildman–Crippen MR) is 136 cm³/mol. The third-order valence-corrected chi connectivity index (χ3v) is 7.78. The second kappa shape index (κ2) is 10.6. The number of nitrogens with zero attached hydrogens (tertiary/aromatic N) is 4. The van der Waals surface area contributed by atoms with Crippen LogP contribution in [0.3, 0.4) is 0 Å². The van der Waals surface area contributed by atoms with Gasteiger partial charge < -0.3 is 9.64 Å². The summed E-state index contributed by atoms with van der Waals surface area (Å²) in [5.41, 5.74) is 1.27. The Bertz CT molecular complexity index is 1220. The lowest BCUT2D eigenvalue weighted by Gasteiger charge is -2.28. The maximum absolute atomic E-state index is 13.8. The molecule has 0 radical (unpaired) electrons. The SMILES string of the molecule is O=C1CC(C(=O)N(CCCN2CCOCC2)c2nc3c(Cl)cccc3s2)CN1c1ccc(F)cc1. The van der Waals surface area contributed by atoms with Crippen molar-refractivity contribution in [1.82, 2.24) is 9.88 Å². The van der Waals surface area contributed by atoms with Gasteiger partial charge in [-0.3, -0.25) is 19.4 Å². The fourth-order valence-electron chi connectivity index (χ4n) is 4.56. The molecule has 3 aromatic rings. The van der Waals surface area contributed by atoms with Crippen LogP contribution in [0.5, 0.6) is 0 Å². The van der Waals surface area contributed by atoms with Crippen molar-refractivity contribution in [3.63, 3.8) is 0 Å². The number of anilines is 2. The highest BCUT2D eigenvalue weighted by Crippen LogP contribution is 2.35. The van der Waals surface area contributed by atoms with Gasteiger partial charge in [-0.05, 0) is 42.8 Å². The minimum Gasteiger partial charge on any atom is -0.379 e. The van der Waals surface area contributed by atoms with Gasteiger partial charge in [-0.15, -0.1) is 0 Å². The number of rotatable bonds is 7. The first-order chi connectivity index (χ1) is 17.0. The monoisotopic (exact) mass is 516 g/mol. The van der Waals surface area contributed by atoms with E-state index < -0.39 is 5.92 Å². The van der Waals surface area contributed by atoms with Crippen LogP contribution >= 0.6 is 22.9 Å². The zero-order valence-electron chi connectivity index (χ0n) is 19.2. The Kier molecular flexibility index (Phi) is 7.29. The van der Waals surface area contributed by atoms with Crippen molar-refractivity contribution in [1.29, 1.82) is 0 Å². The normalized spacial score (nSPS) is 19.0. The van der Waals surface area contributed by atoms with Gasteiger partial charge in [0.15, 0.2) is 5.13 Å². The van der Waals surface area contributed by atoms with Crippen LogP contribution in [-0.4, -0.2) is 67.6 Å². The molecular weight excluding hydrogens is 491 g/mol. The Labute approximate surface area is 212 Å². The summed E-state index contributed by atoms with van der Waals surface area (Å²) in [6, 6.07) is 11.4. The summed E-state index contributed by atoms with van der Waals surface area (Å²) in [7, 11) is 0. The Morgan fingerprint density at radius 3 is 2.71 bits per heavy atom. The van der Waals surface area contributed by atoms with Gasteiger partial charge in [0, 0.05) is 44.8 Å². The summed E-state index contributed by atoms with van der Waals surface area (Å²) in [4.78, 5) is 36.8. The molecule has 3 heterocycles. The van der Waals surface area contributed by atoms with Gasteiger partial charge in [-0.25, -0.2) is 9.37 Å². The summed E-state index contributed by atoms with van der Waals surface area (Å²) in [6.07, 6.45) is 0.888. The first kappa shape index (κ1) is 24.1. The van der Waals surface area contributed by atoms with E-state index in [2.05, 4.69) is 4.90 Å². The van der Waals surface area contributed by atoms with Crippen molar-refractivity contribution in [3.8, 4) is 0 Å². The smallest absolute Gasteiger partial charge is 0.234 e. The standard InChI is InChI=1S/C25H26ClFN4O3S/c26-20-3-1-4-21-23(20)28-25(35-21)30(10-2-9-29-11-13-34-14-12-29)24(33)17-15-22(32)31(16-17)19-7-5-18(27)6-8-19/h1,3-8,17H,2,9-16H2. The molecule has 7 nitrogen and oxygen atoms in total. The maximum Gasteiger partial charge on any atom is 0.234 e. The average Bonchev–Trinajstić information content (AvgIpc) is 3.47. The second-order valence-corrected chi connectivity index (χ2v) is 10.2. The van der Waals surface area contributed by atoms with Crippen LogP contribution in [0.25, 0.3) is 10.2 Å². The summed E-state index contributed by atoms with van der Waals surface area (Å²) in [5.74, 6) is -1.14. The summed E-state index contributed by atoms with van der Waals surface area (Å²) >= 11 is 7.78. The molecule has 1 atom stereocenters. The van der Waals surface area contributed by atoms with Gasteiger partial charge >= 0.3 is 0 Å². The highest BCUT2D eigenvalue weighted by molar-refractivity contribution is 7.22. The number of para-hydroxylation sites is 1. The fraction of sp³-hybridized carbons (Fsp3) is 0.400. The molecule has 2 aliphatic heterocycles. The van der Waals surface area contributed by atoms with Crippen LogP contribution in [0, 0.1) is 11.7 Å². The quantitative estimate of drug-likeness (QED) is 0.471.